The maximum absolute atomic E-state index is 3.07. The summed E-state index contributed by atoms with van der Waals surface area (Å²) < 4.78 is 0. The summed E-state index contributed by atoms with van der Waals surface area (Å²) in [5.41, 5.74) is 22.1. The number of fused-ring (bicyclic) bond motifs is 3. The SMILES string of the molecule is CC(C)(C)c1ccc(N2c3cc(N4c5ccccc5C5(C)CCCCC45C)cc4c3B3c5c2cccc5C(C)(c2ccccc2)c2cccc(c23)N4C23CC4CC5CC(C2)C543)cc1. The Balaban J connectivity index is 1.07. The number of hydrogen-bond acceptors (Lipinski definition) is 3. The number of benzene rings is 6. The van der Waals surface area contributed by atoms with Crippen LogP contribution in [0.2, 0.25) is 0 Å². The predicted octanol–water partition coefficient (Wildman–Crippen LogP) is 12.3. The van der Waals surface area contributed by atoms with Crippen LogP contribution in [0.4, 0.5) is 39.8 Å². The van der Waals surface area contributed by atoms with Gasteiger partial charge in [0.2, 0.25) is 0 Å². The fourth-order valence-corrected chi connectivity index (χ4v) is 17.5. The molecule has 5 unspecified atom stereocenters. The molecule has 63 heavy (non-hydrogen) atoms. The Morgan fingerprint density at radius 1 is 0.540 bits per heavy atom. The average Bonchev–Trinajstić information content (AvgIpc) is 3.47. The molecule has 0 bridgehead atoms. The van der Waals surface area contributed by atoms with Gasteiger partial charge < -0.3 is 14.7 Å². The van der Waals surface area contributed by atoms with Crippen LogP contribution in [-0.2, 0) is 16.2 Å². The summed E-state index contributed by atoms with van der Waals surface area (Å²) in [6, 6.07) is 50.9. The minimum absolute atomic E-state index is 0.0329. The van der Waals surface area contributed by atoms with E-state index in [0.29, 0.717) is 5.41 Å². The lowest BCUT2D eigenvalue weighted by atomic mass is 9.15. The van der Waals surface area contributed by atoms with Crippen molar-refractivity contribution in [1.29, 1.82) is 0 Å². The van der Waals surface area contributed by atoms with Crippen LogP contribution in [0.15, 0.2) is 127 Å². The molecule has 0 aromatic heterocycles. The second-order valence-corrected chi connectivity index (χ2v) is 23.4. The topological polar surface area (TPSA) is 9.72 Å². The Kier molecular flexibility index (Phi) is 6.41. The first kappa shape index (κ1) is 36.2. The van der Waals surface area contributed by atoms with E-state index in [9.17, 15) is 0 Å². The van der Waals surface area contributed by atoms with E-state index in [0.717, 1.165) is 17.8 Å². The number of hydrogen-bond donors (Lipinski definition) is 0. The molecule has 1 spiro atoms. The lowest BCUT2D eigenvalue weighted by Crippen LogP contribution is -2.93. The summed E-state index contributed by atoms with van der Waals surface area (Å²) in [7, 11) is 0. The Morgan fingerprint density at radius 3 is 1.86 bits per heavy atom. The number of nitrogens with zero attached hydrogens (tertiary/aromatic N) is 3. The molecule has 0 saturated heterocycles. The fraction of sp³-hybridized carbons (Fsp3) is 0.390. The number of anilines is 7. The van der Waals surface area contributed by atoms with E-state index >= 15 is 0 Å². The van der Waals surface area contributed by atoms with Crippen LogP contribution in [0.3, 0.4) is 0 Å². The summed E-state index contributed by atoms with van der Waals surface area (Å²) in [6.07, 6.45) is 10.6. The minimum Gasteiger partial charge on any atom is -0.335 e. The third-order valence-electron chi connectivity index (χ3n) is 20.4. The van der Waals surface area contributed by atoms with Gasteiger partial charge in [0.1, 0.15) is 0 Å². The molecular weight excluding hydrogens is 761 g/mol. The molecule has 5 aliphatic carbocycles. The smallest absolute Gasteiger partial charge is 0.252 e. The van der Waals surface area contributed by atoms with Crippen molar-refractivity contribution in [3.05, 3.63) is 155 Å². The van der Waals surface area contributed by atoms with Gasteiger partial charge in [0.25, 0.3) is 6.71 Å². The summed E-state index contributed by atoms with van der Waals surface area (Å²) in [4.78, 5) is 8.65. The molecule has 15 rings (SSSR count). The van der Waals surface area contributed by atoms with Gasteiger partial charge in [-0.25, -0.2) is 0 Å². The predicted molar refractivity (Wildman–Crippen MR) is 262 cm³/mol. The Bertz CT molecular complexity index is 2990. The molecule has 6 aromatic rings. The van der Waals surface area contributed by atoms with Crippen LogP contribution < -0.4 is 31.1 Å². The molecule has 5 atom stereocenters. The van der Waals surface area contributed by atoms with Gasteiger partial charge in [0.05, 0.1) is 11.1 Å². The largest absolute Gasteiger partial charge is 0.335 e. The molecule has 3 nitrogen and oxygen atoms in total. The lowest BCUT2D eigenvalue weighted by Gasteiger charge is -2.92. The van der Waals surface area contributed by atoms with Crippen molar-refractivity contribution in [1.82, 2.24) is 0 Å². The highest BCUT2D eigenvalue weighted by Crippen LogP contribution is 2.91. The number of rotatable bonds is 4. The van der Waals surface area contributed by atoms with E-state index in [4.69, 9.17) is 0 Å². The molecule has 4 heterocycles. The van der Waals surface area contributed by atoms with Crippen molar-refractivity contribution in [3.8, 4) is 0 Å². The van der Waals surface area contributed by atoms with Crippen molar-refractivity contribution in [2.24, 2.45) is 23.2 Å². The van der Waals surface area contributed by atoms with Gasteiger partial charge in [-0.05, 0) is 162 Å². The summed E-state index contributed by atoms with van der Waals surface area (Å²) >= 11 is 0. The first-order chi connectivity index (χ1) is 30.4. The Labute approximate surface area is 374 Å². The monoisotopic (exact) mass is 819 g/mol. The second kappa shape index (κ2) is 11.2. The maximum Gasteiger partial charge on any atom is 0.252 e. The summed E-state index contributed by atoms with van der Waals surface area (Å²) in [5.74, 6) is 2.70. The normalized spacial score (nSPS) is 33.7. The van der Waals surface area contributed by atoms with E-state index in [1.807, 2.05) is 0 Å². The van der Waals surface area contributed by atoms with E-state index in [1.165, 1.54) is 130 Å². The van der Waals surface area contributed by atoms with Gasteiger partial charge in [-0.3, -0.25) is 0 Å². The molecule has 0 N–H and O–H groups in total. The van der Waals surface area contributed by atoms with Crippen molar-refractivity contribution in [3.63, 3.8) is 0 Å². The highest BCUT2D eigenvalue weighted by atomic mass is 15.3. The molecule has 9 aliphatic rings. The molecule has 6 aromatic carbocycles. The van der Waals surface area contributed by atoms with Crippen molar-refractivity contribution in [2.75, 3.05) is 14.7 Å². The molecule has 4 heteroatoms. The van der Waals surface area contributed by atoms with Crippen LogP contribution >= 0.6 is 0 Å². The maximum atomic E-state index is 3.07. The molecule has 0 amide bonds. The minimum atomic E-state index is -0.314. The van der Waals surface area contributed by atoms with Gasteiger partial charge in [-0.15, -0.1) is 0 Å². The van der Waals surface area contributed by atoms with E-state index < -0.39 is 0 Å². The number of para-hydroxylation sites is 1. The molecule has 312 valence electrons. The Hall–Kier alpha value is -5.22. The second-order valence-electron chi connectivity index (χ2n) is 23.4. The van der Waals surface area contributed by atoms with Crippen LogP contribution in [0.25, 0.3) is 0 Å². The van der Waals surface area contributed by atoms with Gasteiger partial charge in [0, 0.05) is 56.1 Å². The first-order valence-corrected chi connectivity index (χ1v) is 24.6. The van der Waals surface area contributed by atoms with Crippen molar-refractivity contribution >= 4 is 62.9 Å². The van der Waals surface area contributed by atoms with E-state index in [2.05, 4.69) is 184 Å². The van der Waals surface area contributed by atoms with Crippen LogP contribution in [0.5, 0.6) is 0 Å². The Morgan fingerprint density at radius 2 is 1.16 bits per heavy atom. The highest BCUT2D eigenvalue weighted by molar-refractivity contribution is 7.01. The summed E-state index contributed by atoms with van der Waals surface area (Å²) in [5, 5.41) is 0. The first-order valence-electron chi connectivity index (χ1n) is 24.6. The third kappa shape index (κ3) is 3.76. The van der Waals surface area contributed by atoms with Crippen molar-refractivity contribution < 1.29 is 0 Å². The van der Waals surface area contributed by atoms with Gasteiger partial charge in [0.15, 0.2) is 0 Å². The van der Waals surface area contributed by atoms with Gasteiger partial charge >= 0.3 is 0 Å². The van der Waals surface area contributed by atoms with E-state index in [-0.39, 0.29) is 34.0 Å². The van der Waals surface area contributed by atoms with Crippen LogP contribution in [0.1, 0.15) is 121 Å². The van der Waals surface area contributed by atoms with Crippen LogP contribution in [0, 0.1) is 23.2 Å². The fourth-order valence-electron chi connectivity index (χ4n) is 17.5. The molecule has 5 fully saturated rings. The van der Waals surface area contributed by atoms with E-state index in [1.54, 1.807) is 5.46 Å². The average molecular weight is 820 g/mol. The highest BCUT2D eigenvalue weighted by Gasteiger charge is 2.89. The molecule has 5 saturated carbocycles. The molecule has 0 radical (unpaired) electrons. The zero-order valence-corrected chi connectivity index (χ0v) is 37.9. The van der Waals surface area contributed by atoms with Gasteiger partial charge in [-0.1, -0.05) is 125 Å². The molecule has 4 aliphatic heterocycles. The molecular formula is C59H58BN3. The zero-order valence-electron chi connectivity index (χ0n) is 37.9. The standard InChI is InChI=1S/C59H58BN3/c1-54(2,3)36-24-26-41(27-25-36)61-47-22-14-19-44-51(47)60-52-45(57(44,6)37-16-8-7-9-17-37)20-15-23-48(52)63(58-34-39-30-38-31-40(35-58)59(38,39)58)50-33-42(32-49(61)53(50)60)62-46-21-11-10-18-43(46)55(4)28-12-13-29-56(55,62)5/h7-11,14-27,32-33,38-40H,12-13,28-31,34-35H2,1-6H3. The third-order valence-corrected chi connectivity index (χ3v) is 20.4. The van der Waals surface area contributed by atoms with Crippen molar-refractivity contribution in [2.45, 2.75) is 120 Å². The summed E-state index contributed by atoms with van der Waals surface area (Å²) in [6.45, 7) is 14.9. The quantitative estimate of drug-likeness (QED) is 0.164. The van der Waals surface area contributed by atoms with Gasteiger partial charge in [-0.2, -0.15) is 0 Å². The zero-order chi connectivity index (χ0) is 42.2. The van der Waals surface area contributed by atoms with Crippen LogP contribution in [-0.4, -0.2) is 17.8 Å². The lowest BCUT2D eigenvalue weighted by molar-refractivity contribution is -0.385.